The molecular formula is C19H28N4O5. The SMILES string of the molecule is CCOc1ccc(NC(=O)NC(=O)CN(C)CC(=O)NC2CC2)cc1OCC. The number of carbonyl (C=O) groups excluding carboxylic acids is 3. The van der Waals surface area contributed by atoms with E-state index in [1.165, 1.54) is 0 Å². The summed E-state index contributed by atoms with van der Waals surface area (Å²) < 4.78 is 11.0. The lowest BCUT2D eigenvalue weighted by molar-refractivity contribution is -0.124. The molecule has 2 rings (SSSR count). The second-order valence-electron chi connectivity index (χ2n) is 6.54. The van der Waals surface area contributed by atoms with Gasteiger partial charge in [-0.3, -0.25) is 19.8 Å². The first-order valence-electron chi connectivity index (χ1n) is 9.39. The van der Waals surface area contributed by atoms with Crippen LogP contribution in [0.4, 0.5) is 10.5 Å². The zero-order valence-corrected chi connectivity index (χ0v) is 16.5. The molecule has 0 aromatic heterocycles. The van der Waals surface area contributed by atoms with Crippen molar-refractivity contribution in [2.24, 2.45) is 0 Å². The molecule has 0 atom stereocenters. The van der Waals surface area contributed by atoms with E-state index in [0.29, 0.717) is 30.4 Å². The molecule has 1 aliphatic carbocycles. The molecule has 0 heterocycles. The van der Waals surface area contributed by atoms with Gasteiger partial charge in [0.05, 0.1) is 26.3 Å². The van der Waals surface area contributed by atoms with Gasteiger partial charge in [0.2, 0.25) is 11.8 Å². The molecule has 154 valence electrons. The Morgan fingerprint density at radius 2 is 1.68 bits per heavy atom. The molecule has 4 amide bonds. The molecule has 0 bridgehead atoms. The van der Waals surface area contributed by atoms with Gasteiger partial charge in [-0.05, 0) is 45.9 Å². The minimum atomic E-state index is -0.660. The van der Waals surface area contributed by atoms with Crippen molar-refractivity contribution in [1.29, 1.82) is 0 Å². The Hall–Kier alpha value is -2.81. The van der Waals surface area contributed by atoms with Crippen LogP contribution < -0.4 is 25.4 Å². The van der Waals surface area contributed by atoms with Crippen molar-refractivity contribution < 1.29 is 23.9 Å². The van der Waals surface area contributed by atoms with Crippen molar-refractivity contribution in [1.82, 2.24) is 15.5 Å². The summed E-state index contributed by atoms with van der Waals surface area (Å²) in [5.41, 5.74) is 0.467. The highest BCUT2D eigenvalue weighted by Crippen LogP contribution is 2.30. The van der Waals surface area contributed by atoms with Crippen LogP contribution in [0, 0.1) is 0 Å². The standard InChI is InChI=1S/C19H28N4O5/c1-4-27-15-9-8-14(10-16(15)28-5-2)21-19(26)22-18(25)12-23(3)11-17(24)20-13-6-7-13/h8-10,13H,4-7,11-12H2,1-3H3,(H,20,24)(H2,21,22,25,26). The van der Waals surface area contributed by atoms with Crippen LogP contribution in [0.1, 0.15) is 26.7 Å². The average Bonchev–Trinajstić information content (AvgIpc) is 3.40. The average molecular weight is 392 g/mol. The highest BCUT2D eigenvalue weighted by atomic mass is 16.5. The molecule has 9 nitrogen and oxygen atoms in total. The first-order valence-corrected chi connectivity index (χ1v) is 9.39. The molecule has 0 unspecified atom stereocenters. The number of nitrogens with one attached hydrogen (secondary N) is 3. The highest BCUT2D eigenvalue weighted by Gasteiger charge is 2.24. The Morgan fingerprint density at radius 1 is 1.04 bits per heavy atom. The molecule has 0 aliphatic heterocycles. The summed E-state index contributed by atoms with van der Waals surface area (Å²) in [5.74, 6) is 0.461. The van der Waals surface area contributed by atoms with Crippen LogP contribution in [0.2, 0.25) is 0 Å². The number of hydrogen-bond acceptors (Lipinski definition) is 6. The van der Waals surface area contributed by atoms with E-state index in [1.54, 1.807) is 30.1 Å². The maximum absolute atomic E-state index is 12.0. The van der Waals surface area contributed by atoms with E-state index in [0.717, 1.165) is 12.8 Å². The quantitative estimate of drug-likeness (QED) is 0.554. The highest BCUT2D eigenvalue weighted by molar-refractivity contribution is 6.02. The lowest BCUT2D eigenvalue weighted by Gasteiger charge is -2.16. The van der Waals surface area contributed by atoms with Gasteiger partial charge >= 0.3 is 6.03 Å². The van der Waals surface area contributed by atoms with Crippen LogP contribution in [0.3, 0.4) is 0 Å². The van der Waals surface area contributed by atoms with Crippen molar-refractivity contribution in [3.05, 3.63) is 18.2 Å². The smallest absolute Gasteiger partial charge is 0.325 e. The zero-order valence-electron chi connectivity index (χ0n) is 16.5. The predicted octanol–water partition coefficient (Wildman–Crippen LogP) is 1.34. The molecule has 9 heteroatoms. The van der Waals surface area contributed by atoms with E-state index in [4.69, 9.17) is 9.47 Å². The Morgan fingerprint density at radius 3 is 2.32 bits per heavy atom. The fourth-order valence-corrected chi connectivity index (χ4v) is 2.50. The lowest BCUT2D eigenvalue weighted by atomic mass is 10.2. The Balaban J connectivity index is 1.80. The van der Waals surface area contributed by atoms with E-state index in [-0.39, 0.29) is 25.0 Å². The summed E-state index contributed by atoms with van der Waals surface area (Å²) in [4.78, 5) is 37.3. The van der Waals surface area contributed by atoms with Crippen LogP contribution in [-0.4, -0.2) is 62.1 Å². The molecule has 28 heavy (non-hydrogen) atoms. The molecule has 1 saturated carbocycles. The number of anilines is 1. The Bertz CT molecular complexity index is 706. The second kappa shape index (κ2) is 10.5. The van der Waals surface area contributed by atoms with Gasteiger partial charge in [0.25, 0.3) is 0 Å². The Kier molecular flexibility index (Phi) is 8.06. The van der Waals surface area contributed by atoms with Crippen molar-refractivity contribution in [2.75, 3.05) is 38.7 Å². The maximum atomic E-state index is 12.0. The molecule has 1 aromatic rings. The minimum Gasteiger partial charge on any atom is -0.490 e. The summed E-state index contributed by atoms with van der Waals surface area (Å²) >= 11 is 0. The predicted molar refractivity (Wildman–Crippen MR) is 105 cm³/mol. The fraction of sp³-hybridized carbons (Fsp3) is 0.526. The first-order chi connectivity index (χ1) is 13.4. The summed E-state index contributed by atoms with van der Waals surface area (Å²) in [6, 6.07) is 4.60. The summed E-state index contributed by atoms with van der Waals surface area (Å²) in [6.45, 7) is 4.69. The van der Waals surface area contributed by atoms with E-state index in [9.17, 15) is 14.4 Å². The van der Waals surface area contributed by atoms with Crippen LogP contribution in [-0.2, 0) is 9.59 Å². The number of rotatable bonds is 10. The van der Waals surface area contributed by atoms with E-state index < -0.39 is 11.9 Å². The number of imide groups is 1. The normalized spacial score (nSPS) is 13.0. The third-order valence-electron chi connectivity index (χ3n) is 3.82. The van der Waals surface area contributed by atoms with Gasteiger partial charge in [-0.1, -0.05) is 0 Å². The van der Waals surface area contributed by atoms with Gasteiger partial charge in [-0.2, -0.15) is 0 Å². The van der Waals surface area contributed by atoms with Crippen molar-refractivity contribution >= 4 is 23.5 Å². The number of urea groups is 1. The lowest BCUT2D eigenvalue weighted by Crippen LogP contribution is -2.43. The van der Waals surface area contributed by atoms with Gasteiger partial charge in [-0.15, -0.1) is 0 Å². The van der Waals surface area contributed by atoms with Crippen LogP contribution in [0.5, 0.6) is 11.5 Å². The van der Waals surface area contributed by atoms with Crippen molar-refractivity contribution in [3.63, 3.8) is 0 Å². The number of likely N-dealkylation sites (N-methyl/N-ethyl adjacent to an activating group) is 1. The third-order valence-corrected chi connectivity index (χ3v) is 3.82. The number of benzene rings is 1. The van der Waals surface area contributed by atoms with Crippen LogP contribution in [0.15, 0.2) is 18.2 Å². The molecule has 1 aliphatic rings. The van der Waals surface area contributed by atoms with Crippen LogP contribution in [0.25, 0.3) is 0 Å². The molecule has 1 aromatic carbocycles. The van der Waals surface area contributed by atoms with Crippen molar-refractivity contribution in [2.45, 2.75) is 32.7 Å². The summed E-state index contributed by atoms with van der Waals surface area (Å²) in [6.07, 6.45) is 2.01. The maximum Gasteiger partial charge on any atom is 0.325 e. The number of carbonyl (C=O) groups is 3. The molecule has 0 saturated heterocycles. The molecule has 3 N–H and O–H groups in total. The van der Waals surface area contributed by atoms with Crippen LogP contribution >= 0.6 is 0 Å². The van der Waals surface area contributed by atoms with Gasteiger partial charge in [-0.25, -0.2) is 4.79 Å². The monoisotopic (exact) mass is 392 g/mol. The third kappa shape index (κ3) is 7.43. The Labute approximate surface area is 164 Å². The number of amides is 4. The van der Waals surface area contributed by atoms with Gasteiger partial charge in [0.15, 0.2) is 11.5 Å². The van der Waals surface area contributed by atoms with E-state index in [2.05, 4.69) is 16.0 Å². The molecule has 1 fully saturated rings. The fourth-order valence-electron chi connectivity index (χ4n) is 2.50. The molecule has 0 radical (unpaired) electrons. The van der Waals surface area contributed by atoms with Gasteiger partial charge < -0.3 is 20.1 Å². The minimum absolute atomic E-state index is 0.0705. The van der Waals surface area contributed by atoms with Gasteiger partial charge in [0.1, 0.15) is 0 Å². The largest absolute Gasteiger partial charge is 0.490 e. The topological polar surface area (TPSA) is 109 Å². The second-order valence-corrected chi connectivity index (χ2v) is 6.54. The first kappa shape index (κ1) is 21.5. The summed E-state index contributed by atoms with van der Waals surface area (Å²) in [7, 11) is 1.64. The van der Waals surface area contributed by atoms with E-state index >= 15 is 0 Å². The number of nitrogens with zero attached hydrogens (tertiary/aromatic N) is 1. The van der Waals surface area contributed by atoms with E-state index in [1.807, 2.05) is 13.8 Å². The number of hydrogen-bond donors (Lipinski definition) is 3. The molecule has 0 spiro atoms. The van der Waals surface area contributed by atoms with Crippen molar-refractivity contribution in [3.8, 4) is 11.5 Å². The van der Waals surface area contributed by atoms with Gasteiger partial charge in [0, 0.05) is 17.8 Å². The summed E-state index contributed by atoms with van der Waals surface area (Å²) in [5, 5.41) is 7.67. The number of ether oxygens (including phenoxy) is 2. The zero-order chi connectivity index (χ0) is 20.5. The molecular weight excluding hydrogens is 364 g/mol.